The van der Waals surface area contributed by atoms with Gasteiger partial charge in [0, 0.05) is 5.56 Å². The average molecular weight is 390 g/mol. The van der Waals surface area contributed by atoms with E-state index >= 15 is 0 Å². The Morgan fingerprint density at radius 3 is 2.31 bits per heavy atom. The van der Waals surface area contributed by atoms with Crippen molar-refractivity contribution < 1.29 is 19.0 Å². The normalized spacial score (nSPS) is 10.6. The fraction of sp³-hybridized carbons (Fsp3) is 0.130. The van der Waals surface area contributed by atoms with Gasteiger partial charge < -0.3 is 14.2 Å². The molecule has 3 aromatic rings. The van der Waals surface area contributed by atoms with E-state index in [4.69, 9.17) is 14.2 Å². The zero-order valence-corrected chi connectivity index (χ0v) is 16.3. The van der Waals surface area contributed by atoms with Gasteiger partial charge in [-0.1, -0.05) is 24.3 Å². The van der Waals surface area contributed by atoms with Crippen LogP contribution in [0.25, 0.3) is 0 Å². The number of carbonyl (C=O) groups is 1. The van der Waals surface area contributed by atoms with Crippen molar-refractivity contribution in [1.29, 1.82) is 0 Å². The lowest BCUT2D eigenvalue weighted by Crippen LogP contribution is -2.17. The van der Waals surface area contributed by atoms with Gasteiger partial charge in [-0.25, -0.2) is 5.43 Å². The molecule has 0 saturated heterocycles. The molecular weight excluding hydrogens is 368 g/mol. The van der Waals surface area contributed by atoms with E-state index in [1.165, 1.54) is 0 Å². The van der Waals surface area contributed by atoms with Gasteiger partial charge in [-0.2, -0.15) is 5.10 Å². The molecule has 3 rings (SSSR count). The molecule has 6 nitrogen and oxygen atoms in total. The summed E-state index contributed by atoms with van der Waals surface area (Å²) in [4.78, 5) is 12.2. The van der Waals surface area contributed by atoms with Crippen molar-refractivity contribution in [2.45, 2.75) is 6.61 Å². The van der Waals surface area contributed by atoms with Crippen molar-refractivity contribution in [2.75, 3.05) is 14.2 Å². The molecule has 1 N–H and O–H groups in total. The van der Waals surface area contributed by atoms with Crippen LogP contribution in [0, 0.1) is 0 Å². The second kappa shape index (κ2) is 9.94. The van der Waals surface area contributed by atoms with Crippen molar-refractivity contribution in [3.8, 4) is 17.2 Å². The first-order valence-electron chi connectivity index (χ1n) is 9.01. The van der Waals surface area contributed by atoms with Crippen LogP contribution in [0.2, 0.25) is 0 Å². The van der Waals surface area contributed by atoms with E-state index in [9.17, 15) is 4.79 Å². The number of hydrogen-bond acceptors (Lipinski definition) is 5. The number of nitrogens with zero attached hydrogens (tertiary/aromatic N) is 1. The minimum absolute atomic E-state index is 0.302. The molecule has 29 heavy (non-hydrogen) atoms. The van der Waals surface area contributed by atoms with E-state index in [0.29, 0.717) is 17.9 Å². The maximum absolute atomic E-state index is 12.2. The third-order valence-electron chi connectivity index (χ3n) is 4.13. The van der Waals surface area contributed by atoms with E-state index in [1.54, 1.807) is 44.7 Å². The standard InChI is InChI=1S/C23H22N2O4/c1-27-21-7-3-5-17(13-21)15-24-25-23(26)19-9-11-20(12-10-19)29-16-18-6-4-8-22(14-18)28-2/h3-15H,16H2,1-2H3,(H,25,26)/b24-15+. The fourth-order valence-corrected chi connectivity index (χ4v) is 2.58. The molecule has 0 bridgehead atoms. The van der Waals surface area contributed by atoms with Crippen molar-refractivity contribution in [2.24, 2.45) is 5.10 Å². The lowest BCUT2D eigenvalue weighted by Gasteiger charge is -2.08. The maximum atomic E-state index is 12.2. The molecule has 0 saturated carbocycles. The van der Waals surface area contributed by atoms with Crippen LogP contribution in [0.5, 0.6) is 17.2 Å². The Morgan fingerprint density at radius 1 is 0.897 bits per heavy atom. The molecule has 0 radical (unpaired) electrons. The minimum atomic E-state index is -0.302. The smallest absolute Gasteiger partial charge is 0.271 e. The van der Waals surface area contributed by atoms with Crippen LogP contribution >= 0.6 is 0 Å². The van der Waals surface area contributed by atoms with Crippen LogP contribution < -0.4 is 19.6 Å². The van der Waals surface area contributed by atoms with Gasteiger partial charge in [-0.05, 0) is 59.7 Å². The van der Waals surface area contributed by atoms with Crippen LogP contribution in [-0.4, -0.2) is 26.3 Å². The number of nitrogens with one attached hydrogen (secondary N) is 1. The largest absolute Gasteiger partial charge is 0.497 e. The van der Waals surface area contributed by atoms with Crippen LogP contribution in [0.4, 0.5) is 0 Å². The quantitative estimate of drug-likeness (QED) is 0.465. The van der Waals surface area contributed by atoms with Gasteiger partial charge in [0.25, 0.3) is 5.91 Å². The zero-order chi connectivity index (χ0) is 20.5. The van der Waals surface area contributed by atoms with Crippen molar-refractivity contribution in [3.05, 3.63) is 89.5 Å². The molecule has 0 aliphatic carbocycles. The summed E-state index contributed by atoms with van der Waals surface area (Å²) >= 11 is 0. The van der Waals surface area contributed by atoms with Gasteiger partial charge in [0.2, 0.25) is 0 Å². The van der Waals surface area contributed by atoms with E-state index in [1.807, 2.05) is 48.5 Å². The summed E-state index contributed by atoms with van der Waals surface area (Å²) in [6.45, 7) is 0.410. The van der Waals surface area contributed by atoms with Crippen LogP contribution in [0.15, 0.2) is 77.9 Å². The summed E-state index contributed by atoms with van der Waals surface area (Å²) < 4.78 is 16.1. The van der Waals surface area contributed by atoms with Crippen LogP contribution in [0.3, 0.4) is 0 Å². The number of hydrazone groups is 1. The van der Waals surface area contributed by atoms with Crippen LogP contribution in [0.1, 0.15) is 21.5 Å². The van der Waals surface area contributed by atoms with Gasteiger partial charge in [0.15, 0.2) is 0 Å². The Balaban J connectivity index is 1.53. The predicted molar refractivity (Wildman–Crippen MR) is 112 cm³/mol. The third-order valence-corrected chi connectivity index (χ3v) is 4.13. The van der Waals surface area contributed by atoms with E-state index in [2.05, 4.69) is 10.5 Å². The number of hydrogen-bond donors (Lipinski definition) is 1. The minimum Gasteiger partial charge on any atom is -0.497 e. The molecule has 0 unspecified atom stereocenters. The molecule has 148 valence electrons. The lowest BCUT2D eigenvalue weighted by molar-refractivity contribution is 0.0955. The number of ether oxygens (including phenoxy) is 3. The summed E-state index contributed by atoms with van der Waals surface area (Å²) in [6.07, 6.45) is 1.56. The number of methoxy groups -OCH3 is 2. The Morgan fingerprint density at radius 2 is 1.59 bits per heavy atom. The molecule has 0 fully saturated rings. The Labute approximate surface area is 169 Å². The fourth-order valence-electron chi connectivity index (χ4n) is 2.58. The first-order chi connectivity index (χ1) is 14.2. The Hall–Kier alpha value is -3.80. The van der Waals surface area contributed by atoms with E-state index in [-0.39, 0.29) is 5.91 Å². The second-order valence-electron chi connectivity index (χ2n) is 6.14. The second-order valence-corrected chi connectivity index (χ2v) is 6.14. The summed E-state index contributed by atoms with van der Waals surface area (Å²) in [5.74, 6) is 1.88. The topological polar surface area (TPSA) is 69.2 Å². The molecule has 0 spiro atoms. The van der Waals surface area contributed by atoms with E-state index < -0.39 is 0 Å². The van der Waals surface area contributed by atoms with Crippen molar-refractivity contribution in [3.63, 3.8) is 0 Å². The number of amides is 1. The van der Waals surface area contributed by atoms with E-state index in [0.717, 1.165) is 22.6 Å². The van der Waals surface area contributed by atoms with Gasteiger partial charge in [0.1, 0.15) is 23.9 Å². The molecule has 0 aromatic heterocycles. The highest BCUT2D eigenvalue weighted by Crippen LogP contribution is 2.17. The molecule has 0 heterocycles. The van der Waals surface area contributed by atoms with Crippen molar-refractivity contribution in [1.82, 2.24) is 5.43 Å². The SMILES string of the molecule is COc1cccc(/C=N/NC(=O)c2ccc(OCc3cccc(OC)c3)cc2)c1. The number of carbonyl (C=O) groups excluding carboxylic acids is 1. The molecule has 3 aromatic carbocycles. The number of rotatable bonds is 8. The summed E-state index contributed by atoms with van der Waals surface area (Å²) in [5.41, 5.74) is 4.82. The molecular formula is C23H22N2O4. The molecule has 0 aliphatic heterocycles. The predicted octanol–water partition coefficient (Wildman–Crippen LogP) is 4.05. The first-order valence-corrected chi connectivity index (χ1v) is 9.01. The summed E-state index contributed by atoms with van der Waals surface area (Å²) in [7, 11) is 3.23. The van der Waals surface area contributed by atoms with Crippen molar-refractivity contribution >= 4 is 12.1 Å². The maximum Gasteiger partial charge on any atom is 0.271 e. The van der Waals surface area contributed by atoms with Crippen LogP contribution in [-0.2, 0) is 6.61 Å². The lowest BCUT2D eigenvalue weighted by atomic mass is 10.2. The average Bonchev–Trinajstić information content (AvgIpc) is 2.78. The highest BCUT2D eigenvalue weighted by atomic mass is 16.5. The number of benzene rings is 3. The highest BCUT2D eigenvalue weighted by molar-refractivity contribution is 5.95. The summed E-state index contributed by atoms with van der Waals surface area (Å²) in [5, 5.41) is 3.98. The zero-order valence-electron chi connectivity index (χ0n) is 16.3. The van der Waals surface area contributed by atoms with Gasteiger partial charge >= 0.3 is 0 Å². The first kappa shape index (κ1) is 19.9. The third kappa shape index (κ3) is 5.84. The van der Waals surface area contributed by atoms with Gasteiger partial charge in [-0.3, -0.25) is 4.79 Å². The molecule has 0 atom stereocenters. The molecule has 1 amide bonds. The Bertz CT molecular complexity index is 984. The summed E-state index contributed by atoms with van der Waals surface area (Å²) in [6, 6.07) is 21.9. The monoisotopic (exact) mass is 390 g/mol. The molecule has 6 heteroatoms. The molecule has 0 aliphatic rings. The highest BCUT2D eigenvalue weighted by Gasteiger charge is 2.05. The van der Waals surface area contributed by atoms with Gasteiger partial charge in [-0.15, -0.1) is 0 Å². The Kier molecular flexibility index (Phi) is 6.84. The van der Waals surface area contributed by atoms with Gasteiger partial charge in [0.05, 0.1) is 20.4 Å².